The van der Waals surface area contributed by atoms with E-state index >= 15 is 0 Å². The second kappa shape index (κ2) is 5.13. The van der Waals surface area contributed by atoms with Gasteiger partial charge in [0.2, 0.25) is 0 Å². The molecule has 0 atom stereocenters. The number of para-hydroxylation sites is 1. The predicted octanol–water partition coefficient (Wildman–Crippen LogP) is 2.90. The third kappa shape index (κ3) is 2.38. The number of nitrogens with zero attached hydrogens (tertiary/aromatic N) is 1. The molecular weight excluding hydrogens is 259 g/mol. The van der Waals surface area contributed by atoms with Crippen LogP contribution in [-0.4, -0.2) is 10.9 Å². The molecule has 0 saturated heterocycles. The average molecular weight is 270 g/mol. The van der Waals surface area contributed by atoms with E-state index < -0.39 is 5.82 Å². The average Bonchev–Trinajstić information content (AvgIpc) is 2.98. The number of hydrogen-bond donors (Lipinski definition) is 1. The van der Waals surface area contributed by atoms with Gasteiger partial charge in [0.25, 0.3) is 5.91 Å². The van der Waals surface area contributed by atoms with Gasteiger partial charge in [-0.2, -0.15) is 0 Å². The number of benzene rings is 1. The van der Waals surface area contributed by atoms with Crippen LogP contribution in [0.25, 0.3) is 10.9 Å². The van der Waals surface area contributed by atoms with Crippen molar-refractivity contribution in [3.8, 4) is 0 Å². The molecule has 0 aliphatic heterocycles. The lowest BCUT2D eigenvalue weighted by Crippen LogP contribution is -2.22. The van der Waals surface area contributed by atoms with Crippen molar-refractivity contribution < 1.29 is 13.6 Å². The minimum Gasteiger partial charge on any atom is -0.467 e. The van der Waals surface area contributed by atoms with E-state index in [1.54, 1.807) is 36.6 Å². The van der Waals surface area contributed by atoms with Crippen molar-refractivity contribution in [2.75, 3.05) is 0 Å². The second-order valence-electron chi connectivity index (χ2n) is 4.30. The summed E-state index contributed by atoms with van der Waals surface area (Å²) in [6.07, 6.45) is 2.91. The number of furan rings is 1. The summed E-state index contributed by atoms with van der Waals surface area (Å²) in [7, 11) is 0. The first kappa shape index (κ1) is 12.3. The summed E-state index contributed by atoms with van der Waals surface area (Å²) in [4.78, 5) is 16.0. The van der Waals surface area contributed by atoms with Crippen molar-refractivity contribution in [2.24, 2.45) is 0 Å². The van der Waals surface area contributed by atoms with Gasteiger partial charge in [-0.15, -0.1) is 0 Å². The number of aromatic nitrogens is 1. The van der Waals surface area contributed by atoms with Crippen LogP contribution >= 0.6 is 0 Å². The molecule has 1 amide bonds. The van der Waals surface area contributed by atoms with Gasteiger partial charge in [-0.1, -0.05) is 12.1 Å². The molecule has 2 heterocycles. The molecule has 0 saturated carbocycles. The van der Waals surface area contributed by atoms with Crippen LogP contribution in [0.2, 0.25) is 0 Å². The molecule has 100 valence electrons. The first-order chi connectivity index (χ1) is 9.74. The molecule has 3 rings (SSSR count). The molecule has 4 nitrogen and oxygen atoms in total. The molecule has 3 aromatic rings. The van der Waals surface area contributed by atoms with Gasteiger partial charge in [-0.25, -0.2) is 4.39 Å². The van der Waals surface area contributed by atoms with E-state index in [0.29, 0.717) is 23.3 Å². The van der Waals surface area contributed by atoms with Gasteiger partial charge in [0, 0.05) is 11.6 Å². The van der Waals surface area contributed by atoms with Crippen LogP contribution in [0.4, 0.5) is 4.39 Å². The molecule has 1 N–H and O–H groups in total. The normalized spacial score (nSPS) is 10.7. The third-order valence-electron chi connectivity index (χ3n) is 2.93. The van der Waals surface area contributed by atoms with Crippen LogP contribution in [0, 0.1) is 5.82 Å². The Hall–Kier alpha value is -2.69. The number of carbonyl (C=O) groups excluding carboxylic acids is 1. The Morgan fingerprint density at radius 1 is 1.30 bits per heavy atom. The first-order valence-electron chi connectivity index (χ1n) is 6.09. The van der Waals surface area contributed by atoms with Crippen LogP contribution < -0.4 is 5.32 Å². The fourth-order valence-corrected chi connectivity index (χ4v) is 1.93. The highest BCUT2D eigenvalue weighted by molar-refractivity contribution is 5.97. The maximum atomic E-state index is 13.5. The fourth-order valence-electron chi connectivity index (χ4n) is 1.93. The molecule has 5 heteroatoms. The maximum absolute atomic E-state index is 13.5. The van der Waals surface area contributed by atoms with Crippen molar-refractivity contribution in [1.29, 1.82) is 0 Å². The Kier molecular flexibility index (Phi) is 3.16. The fraction of sp³-hybridized carbons (Fsp3) is 0.0667. The quantitative estimate of drug-likeness (QED) is 0.796. The molecule has 0 radical (unpaired) electrons. The maximum Gasteiger partial charge on any atom is 0.253 e. The number of carbonyl (C=O) groups is 1. The molecular formula is C15H11FN2O2. The van der Waals surface area contributed by atoms with E-state index in [-0.39, 0.29) is 11.4 Å². The topological polar surface area (TPSA) is 55.1 Å². The lowest BCUT2D eigenvalue weighted by molar-refractivity contribution is 0.0948. The second-order valence-corrected chi connectivity index (χ2v) is 4.30. The molecule has 0 spiro atoms. The molecule has 20 heavy (non-hydrogen) atoms. The van der Waals surface area contributed by atoms with Crippen molar-refractivity contribution >= 4 is 16.8 Å². The van der Waals surface area contributed by atoms with E-state index in [2.05, 4.69) is 10.3 Å². The number of nitrogens with one attached hydrogen (secondary N) is 1. The lowest BCUT2D eigenvalue weighted by atomic mass is 10.1. The Morgan fingerprint density at radius 2 is 2.20 bits per heavy atom. The van der Waals surface area contributed by atoms with E-state index in [1.165, 1.54) is 12.3 Å². The van der Waals surface area contributed by atoms with Gasteiger partial charge in [-0.3, -0.25) is 9.78 Å². The van der Waals surface area contributed by atoms with Gasteiger partial charge < -0.3 is 9.73 Å². The zero-order valence-electron chi connectivity index (χ0n) is 10.5. The van der Waals surface area contributed by atoms with Crippen LogP contribution in [-0.2, 0) is 6.54 Å². The van der Waals surface area contributed by atoms with Crippen molar-refractivity contribution in [1.82, 2.24) is 10.3 Å². The SMILES string of the molecule is O=C(NCc1ccco1)c1cnc2c(F)cccc2c1. The van der Waals surface area contributed by atoms with Crippen LogP contribution in [0.1, 0.15) is 16.1 Å². The van der Waals surface area contributed by atoms with E-state index in [0.717, 1.165) is 0 Å². The summed E-state index contributed by atoms with van der Waals surface area (Å²) in [6.45, 7) is 0.299. The molecule has 0 bridgehead atoms. The molecule has 0 aliphatic rings. The first-order valence-corrected chi connectivity index (χ1v) is 6.09. The number of hydrogen-bond acceptors (Lipinski definition) is 3. The Bertz CT molecular complexity index is 754. The zero-order chi connectivity index (χ0) is 13.9. The van der Waals surface area contributed by atoms with E-state index in [1.807, 2.05) is 0 Å². The van der Waals surface area contributed by atoms with Crippen LogP contribution in [0.3, 0.4) is 0 Å². The molecule has 1 aromatic carbocycles. The summed E-state index contributed by atoms with van der Waals surface area (Å²) in [5.41, 5.74) is 0.643. The van der Waals surface area contributed by atoms with Gasteiger partial charge in [0.1, 0.15) is 17.1 Å². The Morgan fingerprint density at radius 3 is 3.00 bits per heavy atom. The monoisotopic (exact) mass is 270 g/mol. The Labute approximate surface area is 114 Å². The number of halogens is 1. The standard InChI is InChI=1S/C15H11FN2O2/c16-13-5-1-3-10-7-11(8-17-14(10)13)15(19)18-9-12-4-2-6-20-12/h1-8H,9H2,(H,18,19). The minimum atomic E-state index is -0.398. The highest BCUT2D eigenvalue weighted by Gasteiger charge is 2.09. The minimum absolute atomic E-state index is 0.259. The van der Waals surface area contributed by atoms with Gasteiger partial charge in [-0.05, 0) is 24.3 Å². The van der Waals surface area contributed by atoms with Gasteiger partial charge in [0.15, 0.2) is 0 Å². The largest absolute Gasteiger partial charge is 0.467 e. The highest BCUT2D eigenvalue weighted by atomic mass is 19.1. The van der Waals surface area contributed by atoms with E-state index in [9.17, 15) is 9.18 Å². The van der Waals surface area contributed by atoms with E-state index in [4.69, 9.17) is 4.42 Å². The summed E-state index contributed by atoms with van der Waals surface area (Å²) in [5, 5.41) is 3.31. The van der Waals surface area contributed by atoms with Crippen molar-refractivity contribution in [2.45, 2.75) is 6.54 Å². The van der Waals surface area contributed by atoms with Crippen molar-refractivity contribution in [3.05, 3.63) is 66.0 Å². The number of fused-ring (bicyclic) bond motifs is 1. The van der Waals surface area contributed by atoms with Gasteiger partial charge in [0.05, 0.1) is 18.4 Å². The van der Waals surface area contributed by atoms with Gasteiger partial charge >= 0.3 is 0 Å². The van der Waals surface area contributed by atoms with Crippen LogP contribution in [0.15, 0.2) is 53.3 Å². The van der Waals surface area contributed by atoms with Crippen LogP contribution in [0.5, 0.6) is 0 Å². The zero-order valence-corrected chi connectivity index (χ0v) is 10.5. The third-order valence-corrected chi connectivity index (χ3v) is 2.93. The highest BCUT2D eigenvalue weighted by Crippen LogP contribution is 2.16. The summed E-state index contributed by atoms with van der Waals surface area (Å²) in [6, 6.07) is 9.78. The molecule has 0 aliphatic carbocycles. The molecule has 2 aromatic heterocycles. The number of pyridine rings is 1. The lowest BCUT2D eigenvalue weighted by Gasteiger charge is -2.05. The number of rotatable bonds is 3. The molecule has 0 unspecified atom stereocenters. The van der Waals surface area contributed by atoms with Crippen molar-refractivity contribution in [3.63, 3.8) is 0 Å². The molecule has 0 fully saturated rings. The summed E-state index contributed by atoms with van der Waals surface area (Å²) >= 11 is 0. The predicted molar refractivity (Wildman–Crippen MR) is 71.6 cm³/mol. The Balaban J connectivity index is 1.81. The number of amides is 1. The summed E-state index contributed by atoms with van der Waals surface area (Å²) in [5.74, 6) is -0.0109. The summed E-state index contributed by atoms with van der Waals surface area (Å²) < 4.78 is 18.6. The smallest absolute Gasteiger partial charge is 0.253 e.